The van der Waals surface area contributed by atoms with E-state index in [1.54, 1.807) is 0 Å². The van der Waals surface area contributed by atoms with Crippen molar-refractivity contribution in [2.45, 2.75) is 39.5 Å². The van der Waals surface area contributed by atoms with E-state index in [1.165, 1.54) is 12.8 Å². The van der Waals surface area contributed by atoms with Gasteiger partial charge in [0.2, 0.25) is 5.91 Å². The molecule has 0 aromatic carbocycles. The van der Waals surface area contributed by atoms with Crippen molar-refractivity contribution in [3.05, 3.63) is 0 Å². The van der Waals surface area contributed by atoms with Crippen molar-refractivity contribution in [2.24, 2.45) is 11.7 Å². The van der Waals surface area contributed by atoms with Gasteiger partial charge >= 0.3 is 0 Å². The molecule has 5 nitrogen and oxygen atoms in total. The number of amides is 1. The molecule has 114 valence electrons. The molecule has 0 bridgehead atoms. The molecule has 0 aliphatic heterocycles. The number of hydrogen-bond donors (Lipinski definition) is 4. The van der Waals surface area contributed by atoms with E-state index in [9.17, 15) is 4.79 Å². The number of nitrogens with two attached hydrogens (primary N) is 1. The van der Waals surface area contributed by atoms with Gasteiger partial charge in [-0.2, -0.15) is 0 Å². The van der Waals surface area contributed by atoms with Gasteiger partial charge in [0.15, 0.2) is 0 Å². The Morgan fingerprint density at radius 2 is 1.42 bits per heavy atom. The second-order valence-corrected chi connectivity index (χ2v) is 5.15. The smallest absolute Gasteiger partial charge is 0.222 e. The van der Waals surface area contributed by atoms with Gasteiger partial charge < -0.3 is 21.7 Å². The zero-order valence-corrected chi connectivity index (χ0v) is 12.6. The number of carbonyl (C=O) groups excluding carboxylic acids is 1. The van der Waals surface area contributed by atoms with Gasteiger partial charge in [0.25, 0.3) is 0 Å². The quantitative estimate of drug-likeness (QED) is 0.367. The van der Waals surface area contributed by atoms with Crippen molar-refractivity contribution < 1.29 is 4.79 Å². The molecule has 0 saturated heterocycles. The molecule has 0 aliphatic carbocycles. The van der Waals surface area contributed by atoms with E-state index in [4.69, 9.17) is 5.73 Å². The van der Waals surface area contributed by atoms with E-state index in [-0.39, 0.29) is 11.8 Å². The second-order valence-electron chi connectivity index (χ2n) is 5.15. The molecule has 5 N–H and O–H groups in total. The third-order valence-corrected chi connectivity index (χ3v) is 2.87. The van der Waals surface area contributed by atoms with Crippen LogP contribution in [0.25, 0.3) is 0 Å². The van der Waals surface area contributed by atoms with Crippen LogP contribution in [0.1, 0.15) is 39.5 Å². The van der Waals surface area contributed by atoms with E-state index in [0.717, 1.165) is 52.1 Å². The third-order valence-electron chi connectivity index (χ3n) is 2.87. The van der Waals surface area contributed by atoms with Crippen LogP contribution in [-0.2, 0) is 4.79 Å². The monoisotopic (exact) mass is 272 g/mol. The van der Waals surface area contributed by atoms with Crippen LogP contribution in [0.4, 0.5) is 0 Å². The van der Waals surface area contributed by atoms with Crippen LogP contribution in [0, 0.1) is 5.92 Å². The summed E-state index contributed by atoms with van der Waals surface area (Å²) in [5.74, 6) is 0.225. The molecular formula is C14H32N4O. The fraction of sp³-hybridized carbons (Fsp3) is 0.929. The van der Waals surface area contributed by atoms with Crippen LogP contribution < -0.4 is 21.7 Å². The zero-order chi connectivity index (χ0) is 14.3. The predicted octanol–water partition coefficient (Wildman–Crippen LogP) is 0.457. The Morgan fingerprint density at radius 3 is 1.95 bits per heavy atom. The van der Waals surface area contributed by atoms with Crippen LogP contribution >= 0.6 is 0 Å². The number of unbranched alkanes of at least 4 members (excludes halogenated alkanes) is 1. The highest BCUT2D eigenvalue weighted by molar-refractivity contribution is 5.77. The largest absolute Gasteiger partial charge is 0.356 e. The summed E-state index contributed by atoms with van der Waals surface area (Å²) in [6, 6.07) is 0. The van der Waals surface area contributed by atoms with Gasteiger partial charge in [-0.3, -0.25) is 4.79 Å². The van der Waals surface area contributed by atoms with Crippen molar-refractivity contribution in [3.63, 3.8) is 0 Å². The Hall–Kier alpha value is -0.650. The normalized spacial score (nSPS) is 10.9. The Kier molecular flexibility index (Phi) is 13.3. The van der Waals surface area contributed by atoms with Crippen molar-refractivity contribution in [3.8, 4) is 0 Å². The number of hydrogen-bond acceptors (Lipinski definition) is 4. The SMILES string of the molecule is CC(C)C(=O)NCCCNCCCCNCCCN. The molecule has 0 saturated carbocycles. The first-order valence-electron chi connectivity index (χ1n) is 7.57. The molecule has 0 rings (SSSR count). The maximum atomic E-state index is 11.3. The van der Waals surface area contributed by atoms with Gasteiger partial charge in [-0.15, -0.1) is 0 Å². The van der Waals surface area contributed by atoms with Crippen molar-refractivity contribution in [2.75, 3.05) is 39.3 Å². The fourth-order valence-electron chi connectivity index (χ4n) is 1.61. The first-order chi connectivity index (χ1) is 9.18. The fourth-order valence-corrected chi connectivity index (χ4v) is 1.61. The van der Waals surface area contributed by atoms with E-state index in [1.807, 2.05) is 13.8 Å². The lowest BCUT2D eigenvalue weighted by atomic mass is 10.2. The van der Waals surface area contributed by atoms with Crippen LogP contribution in [0.5, 0.6) is 0 Å². The lowest BCUT2D eigenvalue weighted by Gasteiger charge is -2.08. The van der Waals surface area contributed by atoms with Gasteiger partial charge in [0.1, 0.15) is 0 Å². The van der Waals surface area contributed by atoms with Crippen LogP contribution in [0.3, 0.4) is 0 Å². The summed E-state index contributed by atoms with van der Waals surface area (Å²) in [5, 5.41) is 9.67. The highest BCUT2D eigenvalue weighted by Gasteiger charge is 2.04. The molecule has 0 spiro atoms. The topological polar surface area (TPSA) is 79.2 Å². The minimum atomic E-state index is 0.0831. The molecule has 0 aliphatic rings. The lowest BCUT2D eigenvalue weighted by molar-refractivity contribution is -0.123. The summed E-state index contributed by atoms with van der Waals surface area (Å²) in [7, 11) is 0. The van der Waals surface area contributed by atoms with E-state index in [0.29, 0.717) is 0 Å². The standard InChI is InChI=1S/C14H32N4O/c1-13(2)14(19)18-12-6-11-17-9-4-3-8-16-10-5-7-15/h13,16-17H,3-12,15H2,1-2H3,(H,18,19). The molecule has 19 heavy (non-hydrogen) atoms. The lowest BCUT2D eigenvalue weighted by Crippen LogP contribution is -2.30. The summed E-state index contributed by atoms with van der Waals surface area (Å²) in [4.78, 5) is 11.3. The molecule has 5 heteroatoms. The molecular weight excluding hydrogens is 240 g/mol. The first-order valence-corrected chi connectivity index (χ1v) is 7.57. The molecule has 1 amide bonds. The second kappa shape index (κ2) is 13.8. The summed E-state index contributed by atoms with van der Waals surface area (Å²) in [6.45, 7) is 9.48. The van der Waals surface area contributed by atoms with Gasteiger partial charge in [-0.05, 0) is 58.4 Å². The first kappa shape index (κ1) is 18.4. The summed E-state index contributed by atoms with van der Waals surface area (Å²) >= 11 is 0. The minimum absolute atomic E-state index is 0.0831. The average Bonchev–Trinajstić information content (AvgIpc) is 2.39. The Bertz CT molecular complexity index is 210. The zero-order valence-electron chi connectivity index (χ0n) is 12.6. The Labute approximate surface area is 118 Å². The number of nitrogens with one attached hydrogen (secondary N) is 3. The molecule has 0 aromatic heterocycles. The summed E-state index contributed by atoms with van der Waals surface area (Å²) in [6.07, 6.45) is 4.43. The highest BCUT2D eigenvalue weighted by atomic mass is 16.1. The van der Waals surface area contributed by atoms with Crippen LogP contribution in [0.15, 0.2) is 0 Å². The molecule has 0 atom stereocenters. The maximum Gasteiger partial charge on any atom is 0.222 e. The molecule has 0 heterocycles. The predicted molar refractivity (Wildman–Crippen MR) is 81.1 cm³/mol. The van der Waals surface area contributed by atoms with Gasteiger partial charge in [-0.25, -0.2) is 0 Å². The van der Waals surface area contributed by atoms with Crippen molar-refractivity contribution in [1.29, 1.82) is 0 Å². The van der Waals surface area contributed by atoms with Crippen LogP contribution in [0.2, 0.25) is 0 Å². The minimum Gasteiger partial charge on any atom is -0.356 e. The van der Waals surface area contributed by atoms with Crippen LogP contribution in [-0.4, -0.2) is 45.2 Å². The van der Waals surface area contributed by atoms with Gasteiger partial charge in [0.05, 0.1) is 0 Å². The van der Waals surface area contributed by atoms with Gasteiger partial charge in [0, 0.05) is 12.5 Å². The number of rotatable bonds is 13. The molecule has 0 aromatic rings. The Morgan fingerprint density at radius 1 is 0.895 bits per heavy atom. The molecule has 0 unspecified atom stereocenters. The maximum absolute atomic E-state index is 11.3. The van der Waals surface area contributed by atoms with E-state index < -0.39 is 0 Å². The summed E-state index contributed by atoms with van der Waals surface area (Å²) in [5.41, 5.74) is 5.41. The highest BCUT2D eigenvalue weighted by Crippen LogP contribution is 1.90. The van der Waals surface area contributed by atoms with E-state index >= 15 is 0 Å². The molecule has 0 fully saturated rings. The Balaban J connectivity index is 3.05. The average molecular weight is 272 g/mol. The van der Waals surface area contributed by atoms with E-state index in [2.05, 4.69) is 16.0 Å². The van der Waals surface area contributed by atoms with Crippen molar-refractivity contribution >= 4 is 5.91 Å². The van der Waals surface area contributed by atoms with Gasteiger partial charge in [-0.1, -0.05) is 13.8 Å². The molecule has 0 radical (unpaired) electrons. The van der Waals surface area contributed by atoms with Crippen molar-refractivity contribution in [1.82, 2.24) is 16.0 Å². The third kappa shape index (κ3) is 13.6. The summed E-state index contributed by atoms with van der Waals surface area (Å²) < 4.78 is 0. The number of carbonyl (C=O) groups is 1.